The molecule has 1 rings (SSSR count). The lowest BCUT2D eigenvalue weighted by Crippen LogP contribution is -2.96. The summed E-state index contributed by atoms with van der Waals surface area (Å²) in [5.41, 5.74) is 16.5. The number of thioether (sulfide) groups is 1. The second-order valence-electron chi connectivity index (χ2n) is 3.02. The van der Waals surface area contributed by atoms with Crippen LogP contribution in [0.2, 0.25) is 0 Å². The Morgan fingerprint density at radius 1 is 1.12 bits per heavy atom. The zero-order chi connectivity index (χ0) is 12.8. The molecule has 8 heteroatoms. The summed E-state index contributed by atoms with van der Waals surface area (Å²) in [7, 11) is 0. The van der Waals surface area contributed by atoms with Crippen molar-refractivity contribution in [2.75, 3.05) is 0 Å². The Hall–Kier alpha value is -1.83. The highest BCUT2D eigenvalue weighted by Crippen LogP contribution is 2.25. The largest absolute Gasteiger partial charge is 0.390 e. The molecule has 0 unspecified atom stereocenters. The molecule has 0 aliphatic heterocycles. The van der Waals surface area contributed by atoms with Crippen LogP contribution in [0.5, 0.6) is 0 Å². The molecule has 0 saturated carbocycles. The molecule has 17 heavy (non-hydrogen) atoms. The van der Waals surface area contributed by atoms with E-state index in [0.717, 1.165) is 0 Å². The molecule has 0 aromatic heterocycles. The number of halogens is 2. The molecule has 1 aromatic carbocycles. The second-order valence-corrected chi connectivity index (χ2v) is 4.09. The van der Waals surface area contributed by atoms with Gasteiger partial charge in [0.05, 0.1) is 0 Å². The molecule has 0 aliphatic carbocycles. The fourth-order valence-electron chi connectivity index (χ4n) is 1.06. The first-order chi connectivity index (χ1) is 7.97. The maximum absolute atomic E-state index is 12.1. The van der Waals surface area contributed by atoms with E-state index in [9.17, 15) is 8.78 Å². The Morgan fingerprint density at radius 3 is 2.18 bits per heavy atom. The molecule has 5 nitrogen and oxygen atoms in total. The van der Waals surface area contributed by atoms with Gasteiger partial charge < -0.3 is 0 Å². The van der Waals surface area contributed by atoms with Crippen LogP contribution in [0.25, 0.3) is 0 Å². The highest BCUT2D eigenvalue weighted by Gasteiger charge is 2.05. The van der Waals surface area contributed by atoms with Crippen LogP contribution in [0.4, 0.5) is 14.5 Å². The normalized spacial score (nSPS) is 11.6. The lowest BCUT2D eigenvalue weighted by molar-refractivity contribution is -0.459. The van der Waals surface area contributed by atoms with Gasteiger partial charge in [-0.15, -0.1) is 0 Å². The van der Waals surface area contributed by atoms with Crippen molar-refractivity contribution < 1.29 is 18.8 Å². The van der Waals surface area contributed by atoms with Crippen LogP contribution >= 0.6 is 11.8 Å². The third-order valence-electron chi connectivity index (χ3n) is 1.64. The number of hydrogen-bond acceptors (Lipinski definition) is 1. The third-order valence-corrected chi connectivity index (χ3v) is 2.36. The fourth-order valence-corrected chi connectivity index (χ4v) is 1.56. The number of rotatable bonds is 3. The lowest BCUT2D eigenvalue weighted by atomic mass is 10.3. The van der Waals surface area contributed by atoms with Crippen molar-refractivity contribution in [1.29, 1.82) is 0 Å². The Morgan fingerprint density at radius 2 is 1.71 bits per heavy atom. The number of benzene rings is 1. The van der Waals surface area contributed by atoms with Gasteiger partial charge in [0.2, 0.25) is 0 Å². The molecule has 8 N–H and O–H groups in total. The SMILES string of the molecule is NC(N)=[NH+]C(N)=[NH+]c1ccc(SC(F)F)cc1. The molecular weight excluding hydrogens is 248 g/mol. The van der Waals surface area contributed by atoms with Crippen molar-refractivity contribution in [2.45, 2.75) is 10.7 Å². The molecule has 1 aromatic rings. The van der Waals surface area contributed by atoms with Gasteiger partial charge >= 0.3 is 11.9 Å². The summed E-state index contributed by atoms with van der Waals surface area (Å²) in [6.07, 6.45) is 0. The second kappa shape index (κ2) is 6.04. The van der Waals surface area contributed by atoms with Crippen molar-refractivity contribution in [3.05, 3.63) is 24.3 Å². The van der Waals surface area contributed by atoms with Crippen LogP contribution in [0.1, 0.15) is 0 Å². The van der Waals surface area contributed by atoms with Gasteiger partial charge in [-0.1, -0.05) is 11.8 Å². The third kappa shape index (κ3) is 5.16. The number of nitrogens with one attached hydrogen (secondary N) is 2. The summed E-state index contributed by atoms with van der Waals surface area (Å²) in [6.45, 7) is 0. The fraction of sp³-hybridized carbons (Fsp3) is 0.111. The quantitative estimate of drug-likeness (QED) is 0.233. The highest BCUT2D eigenvalue weighted by molar-refractivity contribution is 7.99. The van der Waals surface area contributed by atoms with Gasteiger partial charge in [-0.05, 0) is 24.3 Å². The predicted octanol–water partition coefficient (Wildman–Crippen LogP) is -2.62. The Bertz CT molecular complexity index is 426. The van der Waals surface area contributed by atoms with Crippen LogP contribution in [-0.4, -0.2) is 17.7 Å². The van der Waals surface area contributed by atoms with E-state index in [0.29, 0.717) is 22.3 Å². The summed E-state index contributed by atoms with van der Waals surface area (Å²) in [4.78, 5) is 5.70. The van der Waals surface area contributed by atoms with Gasteiger partial charge in [0, 0.05) is 4.90 Å². The molecule has 0 fully saturated rings. The van der Waals surface area contributed by atoms with Crippen molar-refractivity contribution in [1.82, 2.24) is 0 Å². The predicted molar refractivity (Wildman–Crippen MR) is 62.5 cm³/mol. The van der Waals surface area contributed by atoms with E-state index < -0.39 is 5.76 Å². The zero-order valence-corrected chi connectivity index (χ0v) is 9.60. The minimum atomic E-state index is -2.43. The maximum Gasteiger partial charge on any atom is 0.390 e. The van der Waals surface area contributed by atoms with Gasteiger partial charge in [-0.25, -0.2) is 4.99 Å². The smallest absolute Gasteiger partial charge is 0.275 e. The molecule has 0 heterocycles. The van der Waals surface area contributed by atoms with E-state index >= 15 is 0 Å². The molecule has 0 amide bonds. The average Bonchev–Trinajstić information content (AvgIpc) is 2.18. The van der Waals surface area contributed by atoms with E-state index in [1.165, 1.54) is 0 Å². The van der Waals surface area contributed by atoms with Crippen molar-refractivity contribution in [2.24, 2.45) is 17.2 Å². The summed E-state index contributed by atoms with van der Waals surface area (Å²) >= 11 is 0.478. The number of hydrogen-bond donors (Lipinski definition) is 5. The average molecular weight is 261 g/mol. The van der Waals surface area contributed by atoms with Gasteiger partial charge in [-0.2, -0.15) is 13.8 Å². The van der Waals surface area contributed by atoms with Gasteiger partial charge in [0.25, 0.3) is 5.76 Å². The van der Waals surface area contributed by atoms with E-state index in [4.69, 9.17) is 17.2 Å². The molecule has 0 spiro atoms. The molecule has 0 saturated heterocycles. The molecule has 0 aliphatic rings. The lowest BCUT2D eigenvalue weighted by Gasteiger charge is -1.99. The van der Waals surface area contributed by atoms with Crippen LogP contribution in [0.15, 0.2) is 29.2 Å². The summed E-state index contributed by atoms with van der Waals surface area (Å²) in [5.74, 6) is -2.32. The highest BCUT2D eigenvalue weighted by atomic mass is 32.2. The van der Waals surface area contributed by atoms with Crippen molar-refractivity contribution in [3.8, 4) is 0 Å². The van der Waals surface area contributed by atoms with Crippen LogP contribution in [-0.2, 0) is 0 Å². The molecule has 0 bridgehead atoms. The van der Waals surface area contributed by atoms with Gasteiger partial charge in [-0.3, -0.25) is 17.2 Å². The minimum absolute atomic E-state index is 0.0418. The monoisotopic (exact) mass is 261 g/mol. The van der Waals surface area contributed by atoms with Crippen LogP contribution < -0.4 is 27.2 Å². The zero-order valence-electron chi connectivity index (χ0n) is 8.78. The summed E-state index contributed by atoms with van der Waals surface area (Å²) < 4.78 is 24.1. The number of alkyl halides is 2. The van der Waals surface area contributed by atoms with Gasteiger partial charge in [0.15, 0.2) is 0 Å². The number of nitrogens with two attached hydrogens (primary N) is 3. The Labute approximate surface area is 101 Å². The van der Waals surface area contributed by atoms with E-state index in [-0.39, 0.29) is 11.9 Å². The first kappa shape index (κ1) is 13.2. The van der Waals surface area contributed by atoms with Crippen molar-refractivity contribution in [3.63, 3.8) is 0 Å². The Kier molecular flexibility index (Phi) is 4.70. The molecule has 0 atom stereocenters. The Balaban J connectivity index is 2.78. The maximum atomic E-state index is 12.1. The van der Waals surface area contributed by atoms with Gasteiger partial charge in [0.1, 0.15) is 5.69 Å². The van der Waals surface area contributed by atoms with E-state index in [1.54, 1.807) is 24.3 Å². The number of guanidine groups is 2. The standard InChI is InChI=1S/C9H11F2N5S/c10-7(11)17-6-3-1-5(2-4-6)15-9(14)16-8(12)13/h1-4,7H,(H6,12,13,14,15,16)/p+2. The first-order valence-electron chi connectivity index (χ1n) is 4.56. The summed E-state index contributed by atoms with van der Waals surface area (Å²) in [6, 6.07) is 6.35. The summed E-state index contributed by atoms with van der Waals surface area (Å²) in [5, 5.41) is 0. The van der Waals surface area contributed by atoms with Crippen LogP contribution in [0, 0.1) is 0 Å². The van der Waals surface area contributed by atoms with Crippen LogP contribution in [0.3, 0.4) is 0 Å². The molecular formula is C9H13F2N5S+2. The molecule has 92 valence electrons. The van der Waals surface area contributed by atoms with E-state index in [1.807, 2.05) is 0 Å². The molecule has 0 radical (unpaired) electrons. The van der Waals surface area contributed by atoms with E-state index in [2.05, 4.69) is 9.98 Å². The first-order valence-corrected chi connectivity index (χ1v) is 5.44. The van der Waals surface area contributed by atoms with Crippen molar-refractivity contribution >= 4 is 29.4 Å². The topological polar surface area (TPSA) is 106 Å². The minimum Gasteiger partial charge on any atom is -0.275 e.